The topological polar surface area (TPSA) is 41.5 Å². The van der Waals surface area contributed by atoms with E-state index in [1.807, 2.05) is 0 Å². The summed E-state index contributed by atoms with van der Waals surface area (Å²) in [5.74, 6) is 1.53. The number of rotatable bonds is 8. The van der Waals surface area contributed by atoms with Gasteiger partial charge in [0.05, 0.1) is 18.8 Å². The molecule has 2 unspecified atom stereocenters. The number of hydrogen-bond donors (Lipinski definition) is 2. The highest BCUT2D eigenvalue weighted by atomic mass is 16.5. The Hall–Kier alpha value is -0.120. The molecule has 0 aliphatic heterocycles. The highest BCUT2D eigenvalue weighted by Crippen LogP contribution is 2.25. The normalized spacial score (nSPS) is 28.0. The van der Waals surface area contributed by atoms with Crippen LogP contribution in [0.2, 0.25) is 0 Å². The van der Waals surface area contributed by atoms with Crippen LogP contribution in [0, 0.1) is 11.8 Å². The first-order valence-electron chi connectivity index (χ1n) is 7.62. The largest absolute Gasteiger partial charge is 0.389 e. The molecule has 3 nitrogen and oxygen atoms in total. The second-order valence-corrected chi connectivity index (χ2v) is 6.04. The number of ether oxygens (including phenoxy) is 1. The summed E-state index contributed by atoms with van der Waals surface area (Å²) in [4.78, 5) is 0. The second-order valence-electron chi connectivity index (χ2n) is 6.04. The molecule has 1 rings (SSSR count). The van der Waals surface area contributed by atoms with E-state index in [-0.39, 0.29) is 6.10 Å². The summed E-state index contributed by atoms with van der Waals surface area (Å²) in [6, 6.07) is 0. The fourth-order valence-corrected chi connectivity index (χ4v) is 2.34. The van der Waals surface area contributed by atoms with Crippen LogP contribution in [0.1, 0.15) is 52.9 Å². The standard InChI is InChI=1S/C15H31NO2/c1-4-12(2)9-16-10-14(17)11-18-15-7-5-13(3)6-8-15/h12-17H,4-11H2,1-3H3. The SMILES string of the molecule is CCC(C)CNCC(O)COC1CCC(C)CC1. The van der Waals surface area contributed by atoms with Gasteiger partial charge in [0.1, 0.15) is 0 Å². The van der Waals surface area contributed by atoms with E-state index < -0.39 is 0 Å². The van der Waals surface area contributed by atoms with Gasteiger partial charge in [0, 0.05) is 6.54 Å². The van der Waals surface area contributed by atoms with Crippen LogP contribution in [-0.4, -0.2) is 37.0 Å². The molecule has 0 aromatic carbocycles. The molecule has 0 aromatic heterocycles. The van der Waals surface area contributed by atoms with Gasteiger partial charge >= 0.3 is 0 Å². The third kappa shape index (κ3) is 6.72. The summed E-state index contributed by atoms with van der Waals surface area (Å²) in [7, 11) is 0. The third-order valence-corrected chi connectivity index (χ3v) is 4.06. The first-order chi connectivity index (χ1) is 8.61. The zero-order valence-corrected chi connectivity index (χ0v) is 12.3. The van der Waals surface area contributed by atoms with E-state index in [0.717, 1.165) is 25.3 Å². The van der Waals surface area contributed by atoms with E-state index >= 15 is 0 Å². The zero-order chi connectivity index (χ0) is 13.4. The highest BCUT2D eigenvalue weighted by Gasteiger charge is 2.19. The molecule has 2 atom stereocenters. The van der Waals surface area contributed by atoms with Gasteiger partial charge in [-0.2, -0.15) is 0 Å². The lowest BCUT2D eigenvalue weighted by atomic mass is 9.89. The maximum Gasteiger partial charge on any atom is 0.0897 e. The van der Waals surface area contributed by atoms with Gasteiger partial charge < -0.3 is 15.2 Å². The molecule has 3 heteroatoms. The molecular formula is C15H31NO2. The van der Waals surface area contributed by atoms with E-state index in [2.05, 4.69) is 26.1 Å². The predicted octanol–water partition coefficient (Wildman–Crippen LogP) is 2.58. The maximum absolute atomic E-state index is 9.83. The Balaban J connectivity index is 2.01. The Morgan fingerprint density at radius 1 is 1.22 bits per heavy atom. The minimum Gasteiger partial charge on any atom is -0.389 e. The monoisotopic (exact) mass is 257 g/mol. The molecule has 1 aliphatic carbocycles. The van der Waals surface area contributed by atoms with E-state index in [1.165, 1.54) is 19.3 Å². The summed E-state index contributed by atoms with van der Waals surface area (Å²) in [5.41, 5.74) is 0. The minimum absolute atomic E-state index is 0.367. The Morgan fingerprint density at radius 2 is 1.89 bits per heavy atom. The molecule has 2 N–H and O–H groups in total. The molecule has 0 spiro atoms. The van der Waals surface area contributed by atoms with E-state index in [9.17, 15) is 5.11 Å². The first-order valence-corrected chi connectivity index (χ1v) is 7.62. The van der Waals surface area contributed by atoms with Crippen molar-refractivity contribution in [2.24, 2.45) is 11.8 Å². The molecule has 0 saturated heterocycles. The number of hydrogen-bond acceptors (Lipinski definition) is 3. The summed E-state index contributed by atoms with van der Waals surface area (Å²) >= 11 is 0. The Labute approximate surface area is 112 Å². The van der Waals surface area contributed by atoms with E-state index in [1.54, 1.807) is 0 Å². The fourth-order valence-electron chi connectivity index (χ4n) is 2.34. The molecule has 0 bridgehead atoms. The first kappa shape index (κ1) is 15.9. The molecule has 1 saturated carbocycles. The molecule has 0 amide bonds. The third-order valence-electron chi connectivity index (χ3n) is 4.06. The van der Waals surface area contributed by atoms with Crippen LogP contribution in [0.3, 0.4) is 0 Å². The number of aliphatic hydroxyl groups excluding tert-OH is 1. The minimum atomic E-state index is -0.367. The van der Waals surface area contributed by atoms with Gasteiger partial charge in [-0.1, -0.05) is 27.2 Å². The Bertz CT molecular complexity index is 203. The summed E-state index contributed by atoms with van der Waals surface area (Å²) in [6.45, 7) is 8.83. The van der Waals surface area contributed by atoms with Crippen LogP contribution in [0.15, 0.2) is 0 Å². The summed E-state index contributed by atoms with van der Waals surface area (Å²) in [5, 5.41) is 13.1. The molecule has 0 aromatic rings. The quantitative estimate of drug-likeness (QED) is 0.702. The second kappa shape index (κ2) is 8.89. The lowest BCUT2D eigenvalue weighted by Gasteiger charge is -2.27. The molecule has 0 heterocycles. The fraction of sp³-hybridized carbons (Fsp3) is 1.00. The summed E-state index contributed by atoms with van der Waals surface area (Å²) in [6.07, 6.45) is 6.06. The van der Waals surface area contributed by atoms with Gasteiger partial charge in [0.2, 0.25) is 0 Å². The molecule has 1 aliphatic rings. The van der Waals surface area contributed by atoms with Gasteiger partial charge in [0.25, 0.3) is 0 Å². The van der Waals surface area contributed by atoms with Crippen molar-refractivity contribution >= 4 is 0 Å². The van der Waals surface area contributed by atoms with Crippen molar-refractivity contribution in [2.75, 3.05) is 19.7 Å². The Morgan fingerprint density at radius 3 is 2.50 bits per heavy atom. The highest BCUT2D eigenvalue weighted by molar-refractivity contribution is 4.71. The Kier molecular flexibility index (Phi) is 7.87. The van der Waals surface area contributed by atoms with Crippen molar-refractivity contribution in [3.8, 4) is 0 Å². The summed E-state index contributed by atoms with van der Waals surface area (Å²) < 4.78 is 5.79. The lowest BCUT2D eigenvalue weighted by Crippen LogP contribution is -2.34. The van der Waals surface area contributed by atoms with Crippen LogP contribution in [0.25, 0.3) is 0 Å². The molecule has 108 valence electrons. The smallest absolute Gasteiger partial charge is 0.0897 e. The van der Waals surface area contributed by atoms with Gasteiger partial charge in [-0.25, -0.2) is 0 Å². The van der Waals surface area contributed by atoms with Crippen molar-refractivity contribution in [3.63, 3.8) is 0 Å². The van der Waals surface area contributed by atoms with Crippen molar-refractivity contribution in [1.82, 2.24) is 5.32 Å². The van der Waals surface area contributed by atoms with Gasteiger partial charge in [-0.15, -0.1) is 0 Å². The molecular weight excluding hydrogens is 226 g/mol. The van der Waals surface area contributed by atoms with Crippen molar-refractivity contribution < 1.29 is 9.84 Å². The van der Waals surface area contributed by atoms with E-state index in [0.29, 0.717) is 25.2 Å². The van der Waals surface area contributed by atoms with Gasteiger partial charge in [-0.05, 0) is 44.1 Å². The molecule has 0 radical (unpaired) electrons. The van der Waals surface area contributed by atoms with Crippen molar-refractivity contribution in [1.29, 1.82) is 0 Å². The lowest BCUT2D eigenvalue weighted by molar-refractivity contribution is -0.0279. The average Bonchev–Trinajstić information content (AvgIpc) is 2.38. The van der Waals surface area contributed by atoms with Gasteiger partial charge in [0.15, 0.2) is 0 Å². The van der Waals surface area contributed by atoms with E-state index in [4.69, 9.17) is 4.74 Å². The van der Waals surface area contributed by atoms with Gasteiger partial charge in [-0.3, -0.25) is 0 Å². The number of aliphatic hydroxyl groups is 1. The zero-order valence-electron chi connectivity index (χ0n) is 12.3. The van der Waals surface area contributed by atoms with Crippen LogP contribution in [0.4, 0.5) is 0 Å². The van der Waals surface area contributed by atoms with Crippen molar-refractivity contribution in [2.45, 2.75) is 65.1 Å². The van der Waals surface area contributed by atoms with Crippen LogP contribution < -0.4 is 5.32 Å². The van der Waals surface area contributed by atoms with Crippen molar-refractivity contribution in [3.05, 3.63) is 0 Å². The average molecular weight is 257 g/mol. The van der Waals surface area contributed by atoms with Crippen LogP contribution in [0.5, 0.6) is 0 Å². The maximum atomic E-state index is 9.83. The predicted molar refractivity (Wildman–Crippen MR) is 75.7 cm³/mol. The van der Waals surface area contributed by atoms with Crippen LogP contribution >= 0.6 is 0 Å². The number of nitrogens with one attached hydrogen (secondary N) is 1. The van der Waals surface area contributed by atoms with Crippen LogP contribution in [-0.2, 0) is 4.74 Å². The molecule has 18 heavy (non-hydrogen) atoms. The molecule has 1 fully saturated rings.